The summed E-state index contributed by atoms with van der Waals surface area (Å²) in [4.78, 5) is 25.4. The van der Waals surface area contributed by atoms with Gasteiger partial charge in [-0.1, -0.05) is 222 Å². The molecule has 62 heavy (non-hydrogen) atoms. The fourth-order valence-electron chi connectivity index (χ4n) is 7.30. The summed E-state index contributed by atoms with van der Waals surface area (Å²) in [5.74, 6) is -0.417. The third kappa shape index (κ3) is 50.0. The molecule has 358 valence electrons. The van der Waals surface area contributed by atoms with E-state index in [2.05, 4.69) is 93.7 Å². The van der Waals surface area contributed by atoms with E-state index < -0.39 is 6.10 Å². The molecule has 0 rings (SSSR count). The van der Waals surface area contributed by atoms with Gasteiger partial charge in [0, 0.05) is 19.4 Å². The minimum Gasteiger partial charge on any atom is -0.462 e. The Kier molecular flexibility index (Phi) is 50.4. The normalized spacial score (nSPS) is 12.8. The van der Waals surface area contributed by atoms with Gasteiger partial charge in [0.1, 0.15) is 6.61 Å². The molecule has 0 heterocycles. The highest BCUT2D eigenvalue weighted by Crippen LogP contribution is 2.14. The Morgan fingerprint density at radius 1 is 0.371 bits per heavy atom. The molecule has 0 aromatic rings. The van der Waals surface area contributed by atoms with Gasteiger partial charge in [-0.05, 0) is 89.9 Å². The minimum absolute atomic E-state index is 0.0706. The Bertz CT molecular complexity index is 1110. The van der Waals surface area contributed by atoms with Gasteiger partial charge in [0.25, 0.3) is 0 Å². The second-order valence-electron chi connectivity index (χ2n) is 17.4. The molecule has 1 unspecified atom stereocenters. The predicted octanol–water partition coefficient (Wildman–Crippen LogP) is 17.9. The molecular weight excluding hydrogens is 765 g/mol. The van der Waals surface area contributed by atoms with Gasteiger partial charge >= 0.3 is 11.9 Å². The van der Waals surface area contributed by atoms with Gasteiger partial charge in [0.2, 0.25) is 0 Å². The number of carbonyl (C=O) groups is 2. The molecule has 5 heteroatoms. The summed E-state index contributed by atoms with van der Waals surface area (Å²) in [5, 5.41) is 0. The lowest BCUT2D eigenvalue weighted by Crippen LogP contribution is -2.30. The van der Waals surface area contributed by atoms with Crippen LogP contribution in [0.3, 0.4) is 0 Å². The van der Waals surface area contributed by atoms with E-state index in [0.717, 1.165) is 89.9 Å². The Morgan fingerprint density at radius 2 is 0.726 bits per heavy atom. The van der Waals surface area contributed by atoms with Crippen molar-refractivity contribution in [2.45, 2.75) is 258 Å². The lowest BCUT2D eigenvalue weighted by atomic mass is 10.1. The first kappa shape index (κ1) is 59.3. The fraction of sp³-hybridized carbons (Fsp3) is 0.754. The highest BCUT2D eigenvalue weighted by molar-refractivity contribution is 5.70. The predicted molar refractivity (Wildman–Crippen MR) is 270 cm³/mol. The topological polar surface area (TPSA) is 61.8 Å². The molecule has 0 bridgehead atoms. The Balaban J connectivity index is 4.29. The smallest absolute Gasteiger partial charge is 0.306 e. The zero-order valence-corrected chi connectivity index (χ0v) is 41.1. The SMILES string of the molecule is CC/C=C\C/C=C\C/C=C\C/C=C\C/C=C\CCCCCCOCC(COC(=O)CCCCCCC/C=C\CCCCCCCC)OC(=O)CCCCCCCCCCCCC. The van der Waals surface area contributed by atoms with Crippen LogP contribution < -0.4 is 0 Å². The first-order valence-corrected chi connectivity index (χ1v) is 26.5. The van der Waals surface area contributed by atoms with E-state index in [-0.39, 0.29) is 25.2 Å². The summed E-state index contributed by atoms with van der Waals surface area (Å²) < 4.78 is 17.4. The van der Waals surface area contributed by atoms with E-state index in [1.165, 1.54) is 128 Å². The van der Waals surface area contributed by atoms with Crippen LogP contribution in [-0.4, -0.2) is 37.9 Å². The van der Waals surface area contributed by atoms with Crippen LogP contribution in [-0.2, 0) is 23.8 Å². The zero-order chi connectivity index (χ0) is 44.9. The maximum absolute atomic E-state index is 12.8. The number of unbranched alkanes of at least 4 members (excludes halogenated alkanes) is 25. The van der Waals surface area contributed by atoms with Gasteiger partial charge in [0.05, 0.1) is 6.61 Å². The Morgan fingerprint density at radius 3 is 1.18 bits per heavy atom. The lowest BCUT2D eigenvalue weighted by Gasteiger charge is -2.18. The molecule has 0 fully saturated rings. The maximum Gasteiger partial charge on any atom is 0.306 e. The van der Waals surface area contributed by atoms with Crippen LogP contribution in [0.15, 0.2) is 72.9 Å². The summed E-state index contributed by atoms with van der Waals surface area (Å²) in [6.45, 7) is 7.66. The molecule has 0 spiro atoms. The Labute approximate surface area is 385 Å². The molecule has 0 aromatic heterocycles. The molecule has 5 nitrogen and oxygen atoms in total. The lowest BCUT2D eigenvalue weighted by molar-refractivity contribution is -0.163. The van der Waals surface area contributed by atoms with Crippen LogP contribution in [0.4, 0.5) is 0 Å². The van der Waals surface area contributed by atoms with Gasteiger partial charge in [-0.15, -0.1) is 0 Å². The number of ether oxygens (including phenoxy) is 3. The van der Waals surface area contributed by atoms with Crippen LogP contribution in [0.2, 0.25) is 0 Å². The third-order valence-corrected chi connectivity index (χ3v) is 11.2. The number of hydrogen-bond donors (Lipinski definition) is 0. The zero-order valence-electron chi connectivity index (χ0n) is 41.1. The van der Waals surface area contributed by atoms with Crippen molar-refractivity contribution in [3.8, 4) is 0 Å². The first-order chi connectivity index (χ1) is 30.6. The number of esters is 2. The summed E-state index contributed by atoms with van der Waals surface area (Å²) in [7, 11) is 0. The molecule has 0 saturated heterocycles. The second-order valence-corrected chi connectivity index (χ2v) is 17.4. The molecular formula is C57H100O5. The number of carbonyl (C=O) groups excluding carboxylic acids is 2. The summed E-state index contributed by atoms with van der Waals surface area (Å²) in [6.07, 6.45) is 67.7. The van der Waals surface area contributed by atoms with Crippen LogP contribution >= 0.6 is 0 Å². The third-order valence-electron chi connectivity index (χ3n) is 11.2. The fourth-order valence-corrected chi connectivity index (χ4v) is 7.30. The van der Waals surface area contributed by atoms with Crippen LogP contribution in [0, 0.1) is 0 Å². The molecule has 0 aliphatic carbocycles. The quantitative estimate of drug-likeness (QED) is 0.0346. The molecule has 0 aromatic carbocycles. The molecule has 0 aliphatic rings. The van der Waals surface area contributed by atoms with Crippen molar-refractivity contribution in [3.05, 3.63) is 72.9 Å². The summed E-state index contributed by atoms with van der Waals surface area (Å²) in [5.41, 5.74) is 0. The second kappa shape index (κ2) is 52.7. The standard InChI is InChI=1S/C57H100O5/c1-4-7-10-13-16-19-22-24-26-27-28-29-30-32-34-37-40-43-46-49-52-60-53-55(62-57(59)51-48-45-42-39-35-21-18-15-12-9-6-3)54-61-56(58)50-47-44-41-38-36-33-31-25-23-20-17-14-11-8-5-2/h7,10,16,19,24-26,28-29,31-32,34,55H,4-6,8-9,11-15,17-18,20-23,27,30,33,35-54H2,1-3H3/b10-7-,19-16-,26-24-,29-28-,31-25-,34-32-. The molecule has 0 amide bonds. The summed E-state index contributed by atoms with van der Waals surface area (Å²) >= 11 is 0. The molecule has 1 atom stereocenters. The molecule has 0 aliphatic heterocycles. The van der Waals surface area contributed by atoms with Crippen molar-refractivity contribution in [1.29, 1.82) is 0 Å². The van der Waals surface area contributed by atoms with Gasteiger partial charge in [0.15, 0.2) is 6.10 Å². The van der Waals surface area contributed by atoms with Crippen molar-refractivity contribution in [3.63, 3.8) is 0 Å². The largest absolute Gasteiger partial charge is 0.462 e. The van der Waals surface area contributed by atoms with Crippen molar-refractivity contribution in [2.24, 2.45) is 0 Å². The van der Waals surface area contributed by atoms with E-state index in [1.807, 2.05) is 0 Å². The highest BCUT2D eigenvalue weighted by atomic mass is 16.6. The summed E-state index contributed by atoms with van der Waals surface area (Å²) in [6, 6.07) is 0. The average molecular weight is 865 g/mol. The van der Waals surface area contributed by atoms with Gasteiger partial charge in [-0.2, -0.15) is 0 Å². The van der Waals surface area contributed by atoms with Gasteiger partial charge < -0.3 is 14.2 Å². The van der Waals surface area contributed by atoms with Gasteiger partial charge in [-0.3, -0.25) is 9.59 Å². The van der Waals surface area contributed by atoms with Crippen LogP contribution in [0.1, 0.15) is 252 Å². The average Bonchev–Trinajstić information content (AvgIpc) is 3.27. The monoisotopic (exact) mass is 865 g/mol. The van der Waals surface area contributed by atoms with Gasteiger partial charge in [-0.25, -0.2) is 0 Å². The molecule has 0 radical (unpaired) electrons. The van der Waals surface area contributed by atoms with Crippen molar-refractivity contribution in [1.82, 2.24) is 0 Å². The minimum atomic E-state index is -0.552. The van der Waals surface area contributed by atoms with E-state index in [0.29, 0.717) is 19.4 Å². The number of hydrogen-bond acceptors (Lipinski definition) is 5. The van der Waals surface area contributed by atoms with E-state index in [9.17, 15) is 9.59 Å². The Hall–Kier alpha value is -2.66. The van der Waals surface area contributed by atoms with E-state index >= 15 is 0 Å². The highest BCUT2D eigenvalue weighted by Gasteiger charge is 2.17. The van der Waals surface area contributed by atoms with Crippen molar-refractivity contribution in [2.75, 3.05) is 19.8 Å². The van der Waals surface area contributed by atoms with Crippen LogP contribution in [0.25, 0.3) is 0 Å². The molecule has 0 N–H and O–H groups in total. The van der Waals surface area contributed by atoms with Crippen molar-refractivity contribution < 1.29 is 23.8 Å². The first-order valence-electron chi connectivity index (χ1n) is 26.5. The maximum atomic E-state index is 12.8. The van der Waals surface area contributed by atoms with E-state index in [1.54, 1.807) is 0 Å². The van der Waals surface area contributed by atoms with Crippen molar-refractivity contribution >= 4 is 11.9 Å². The number of rotatable bonds is 48. The molecule has 0 saturated carbocycles. The number of allylic oxidation sites excluding steroid dienone is 12. The van der Waals surface area contributed by atoms with E-state index in [4.69, 9.17) is 14.2 Å². The van der Waals surface area contributed by atoms with Crippen LogP contribution in [0.5, 0.6) is 0 Å².